The smallest absolute Gasteiger partial charge is 0.275 e. The summed E-state index contributed by atoms with van der Waals surface area (Å²) in [5.41, 5.74) is 0.878. The average Bonchev–Trinajstić information content (AvgIpc) is 3.23. The van der Waals surface area contributed by atoms with E-state index < -0.39 is 0 Å². The van der Waals surface area contributed by atoms with Gasteiger partial charge in [-0.2, -0.15) is 9.36 Å². The van der Waals surface area contributed by atoms with Crippen LogP contribution in [0.3, 0.4) is 0 Å². The maximum Gasteiger partial charge on any atom is 0.275 e. The van der Waals surface area contributed by atoms with Crippen molar-refractivity contribution in [3.8, 4) is 5.69 Å². The zero-order valence-corrected chi connectivity index (χ0v) is 13.2. The molecule has 0 radical (unpaired) electrons. The maximum atomic E-state index is 11.8. The van der Waals surface area contributed by atoms with Gasteiger partial charge in [0.25, 0.3) is 5.91 Å². The molecule has 3 rings (SSSR count). The number of carbonyl (C=O) groups is 1. The number of hydrogen-bond acceptors (Lipinski definition) is 4. The molecule has 0 saturated heterocycles. The number of para-hydroxylation sites is 1. The van der Waals surface area contributed by atoms with Gasteiger partial charge in [-0.1, -0.05) is 18.2 Å². The van der Waals surface area contributed by atoms with E-state index in [0.29, 0.717) is 24.0 Å². The first-order valence-electron chi connectivity index (χ1n) is 7.32. The molecule has 1 aromatic heterocycles. The Morgan fingerprint density at radius 3 is 2.77 bits per heavy atom. The molecule has 1 aliphatic rings. The summed E-state index contributed by atoms with van der Waals surface area (Å²) >= 11 is 5.41. The number of nitrogens with zero attached hydrogens (tertiary/aromatic N) is 4. The highest BCUT2D eigenvalue weighted by atomic mass is 32.1. The molecule has 22 heavy (non-hydrogen) atoms. The van der Waals surface area contributed by atoms with Crippen molar-refractivity contribution in [1.29, 1.82) is 0 Å². The number of carbonyl (C=O) groups excluding carboxylic acids is 1. The van der Waals surface area contributed by atoms with Crippen LogP contribution in [-0.2, 0) is 11.5 Å². The maximum absolute atomic E-state index is 11.8. The summed E-state index contributed by atoms with van der Waals surface area (Å²) in [5, 5.41) is 11.2. The molecule has 0 spiro atoms. The largest absolute Gasteiger partial charge is 0.348 e. The number of benzene rings is 1. The number of aromatic nitrogens is 4. The Hall–Kier alpha value is -2.06. The van der Waals surface area contributed by atoms with E-state index in [0.717, 1.165) is 23.4 Å². The second kappa shape index (κ2) is 6.37. The fourth-order valence-corrected chi connectivity index (χ4v) is 2.44. The first-order chi connectivity index (χ1) is 10.6. The van der Waals surface area contributed by atoms with Crippen molar-refractivity contribution in [2.75, 3.05) is 13.6 Å². The third-order valence-corrected chi connectivity index (χ3v) is 3.85. The molecule has 1 saturated carbocycles. The monoisotopic (exact) mass is 319 g/mol. The van der Waals surface area contributed by atoms with Gasteiger partial charge in [-0.3, -0.25) is 4.79 Å². The number of quaternary nitrogens is 1. The van der Waals surface area contributed by atoms with Crippen LogP contribution in [0.2, 0.25) is 0 Å². The Morgan fingerprint density at radius 1 is 1.36 bits per heavy atom. The molecule has 1 heterocycles. The summed E-state index contributed by atoms with van der Waals surface area (Å²) in [6.45, 7) is 0.903. The van der Waals surface area contributed by atoms with E-state index in [-0.39, 0.29) is 5.91 Å². The van der Waals surface area contributed by atoms with Crippen molar-refractivity contribution < 1.29 is 9.69 Å². The highest BCUT2D eigenvalue weighted by Crippen LogP contribution is 2.17. The topological polar surface area (TPSA) is 69.2 Å². The minimum absolute atomic E-state index is 0.0713. The van der Waals surface area contributed by atoms with Crippen LogP contribution in [0.25, 0.3) is 5.69 Å². The predicted octanol–water partition coefficient (Wildman–Crippen LogP) is -0.451. The van der Waals surface area contributed by atoms with Crippen molar-refractivity contribution in [3.05, 3.63) is 35.1 Å². The fraction of sp³-hybridized carbons (Fsp3) is 0.429. The van der Waals surface area contributed by atoms with E-state index in [1.54, 1.807) is 9.36 Å². The molecule has 8 heteroatoms. The molecular weight excluding hydrogens is 300 g/mol. The summed E-state index contributed by atoms with van der Waals surface area (Å²) in [5.74, 6) is 0.0713. The lowest BCUT2D eigenvalue weighted by molar-refractivity contribution is -0.895. The van der Waals surface area contributed by atoms with Gasteiger partial charge >= 0.3 is 0 Å². The molecule has 1 atom stereocenters. The molecule has 1 unspecified atom stereocenters. The quantitative estimate of drug-likeness (QED) is 0.708. The van der Waals surface area contributed by atoms with Crippen LogP contribution in [0.4, 0.5) is 0 Å². The van der Waals surface area contributed by atoms with Crippen molar-refractivity contribution in [3.63, 3.8) is 0 Å². The molecule has 0 aliphatic heterocycles. The van der Waals surface area contributed by atoms with Crippen LogP contribution in [0.5, 0.6) is 0 Å². The summed E-state index contributed by atoms with van der Waals surface area (Å²) in [6.07, 6.45) is 2.20. The Labute approximate surface area is 133 Å². The Bertz CT molecular complexity index is 706. The predicted molar refractivity (Wildman–Crippen MR) is 83.1 cm³/mol. The first-order valence-corrected chi connectivity index (χ1v) is 7.73. The van der Waals surface area contributed by atoms with E-state index in [2.05, 4.69) is 15.7 Å². The van der Waals surface area contributed by atoms with Crippen molar-refractivity contribution in [2.45, 2.75) is 25.6 Å². The van der Waals surface area contributed by atoms with Crippen LogP contribution >= 0.6 is 12.2 Å². The molecule has 1 aromatic carbocycles. The normalized spacial score (nSPS) is 15.5. The van der Waals surface area contributed by atoms with Gasteiger partial charge in [-0.05, 0) is 47.6 Å². The van der Waals surface area contributed by atoms with Gasteiger partial charge in [0.1, 0.15) is 0 Å². The van der Waals surface area contributed by atoms with E-state index >= 15 is 0 Å². The lowest BCUT2D eigenvalue weighted by Crippen LogP contribution is -3.09. The van der Waals surface area contributed by atoms with Crippen molar-refractivity contribution >= 4 is 18.1 Å². The molecule has 2 aromatic rings. The number of hydrogen-bond donors (Lipinski definition) is 2. The van der Waals surface area contributed by atoms with Crippen molar-refractivity contribution in [2.24, 2.45) is 0 Å². The number of tetrazole rings is 1. The van der Waals surface area contributed by atoms with Gasteiger partial charge in [0.2, 0.25) is 4.77 Å². The first kappa shape index (κ1) is 14.9. The third kappa shape index (κ3) is 3.58. The minimum atomic E-state index is 0.0713. The standard InChI is InChI=1S/C14H18N6OS/c1-18(9-13(21)15-11-7-8-11)10-19-14(22)20(17-16-19)12-5-3-2-4-6-12/h2-6,11H,7-10H2,1H3,(H,15,21)/p+1. The van der Waals surface area contributed by atoms with Crippen LogP contribution in [0, 0.1) is 4.77 Å². The number of rotatable bonds is 6. The summed E-state index contributed by atoms with van der Waals surface area (Å²) in [4.78, 5) is 12.8. The summed E-state index contributed by atoms with van der Waals surface area (Å²) in [7, 11) is 1.94. The van der Waals surface area contributed by atoms with Gasteiger partial charge < -0.3 is 10.2 Å². The second-order valence-corrected chi connectivity index (χ2v) is 6.01. The zero-order chi connectivity index (χ0) is 15.5. The summed E-state index contributed by atoms with van der Waals surface area (Å²) in [6, 6.07) is 10.0. The molecule has 2 N–H and O–H groups in total. The lowest BCUT2D eigenvalue weighted by Gasteiger charge is -2.12. The van der Waals surface area contributed by atoms with Gasteiger partial charge in [0.05, 0.1) is 12.7 Å². The van der Waals surface area contributed by atoms with Crippen LogP contribution < -0.4 is 10.2 Å². The highest BCUT2D eigenvalue weighted by Gasteiger charge is 2.24. The number of nitrogens with one attached hydrogen (secondary N) is 2. The van der Waals surface area contributed by atoms with Crippen LogP contribution in [0.15, 0.2) is 30.3 Å². The molecule has 0 bridgehead atoms. The highest BCUT2D eigenvalue weighted by molar-refractivity contribution is 7.71. The molecular formula is C14H19N6OS+. The van der Waals surface area contributed by atoms with E-state index in [4.69, 9.17) is 12.2 Å². The fourth-order valence-electron chi connectivity index (χ4n) is 2.20. The second-order valence-electron chi connectivity index (χ2n) is 5.64. The van der Waals surface area contributed by atoms with Gasteiger partial charge in [0.15, 0.2) is 13.2 Å². The van der Waals surface area contributed by atoms with Gasteiger partial charge in [-0.15, -0.1) is 0 Å². The van der Waals surface area contributed by atoms with E-state index in [9.17, 15) is 4.79 Å². The van der Waals surface area contributed by atoms with Gasteiger partial charge in [0, 0.05) is 6.04 Å². The van der Waals surface area contributed by atoms with Gasteiger partial charge in [-0.25, -0.2) is 0 Å². The molecule has 116 valence electrons. The average molecular weight is 319 g/mol. The Morgan fingerprint density at radius 2 is 2.09 bits per heavy atom. The zero-order valence-electron chi connectivity index (χ0n) is 12.4. The van der Waals surface area contributed by atoms with E-state index in [1.807, 2.05) is 37.4 Å². The van der Waals surface area contributed by atoms with E-state index in [1.165, 1.54) is 0 Å². The molecule has 1 amide bonds. The van der Waals surface area contributed by atoms with Crippen LogP contribution in [-0.4, -0.2) is 45.3 Å². The number of amides is 1. The molecule has 1 aliphatic carbocycles. The Kier molecular flexibility index (Phi) is 4.30. The van der Waals surface area contributed by atoms with Crippen molar-refractivity contribution in [1.82, 2.24) is 25.1 Å². The minimum Gasteiger partial charge on any atom is -0.348 e. The number of likely N-dealkylation sites (N-methyl/N-ethyl adjacent to an activating group) is 1. The molecule has 7 nitrogen and oxygen atoms in total. The SMILES string of the molecule is C[NH+](CC(=O)NC1CC1)Cn1nnn(-c2ccccc2)c1=S. The molecule has 1 fully saturated rings. The third-order valence-electron chi connectivity index (χ3n) is 3.46. The Balaban J connectivity index is 1.64. The lowest BCUT2D eigenvalue weighted by atomic mass is 10.3. The summed E-state index contributed by atoms with van der Waals surface area (Å²) < 4.78 is 3.78. The van der Waals surface area contributed by atoms with Crippen LogP contribution in [0.1, 0.15) is 12.8 Å².